The molecule has 0 aliphatic rings. The molecule has 0 aliphatic heterocycles. The van der Waals surface area contributed by atoms with E-state index in [1.54, 1.807) is 0 Å². The van der Waals surface area contributed by atoms with E-state index in [2.05, 4.69) is 34.9 Å². The van der Waals surface area contributed by atoms with Crippen molar-refractivity contribution in [1.29, 1.82) is 0 Å². The van der Waals surface area contributed by atoms with Crippen molar-refractivity contribution in [2.45, 2.75) is 20.0 Å². The van der Waals surface area contributed by atoms with Crippen LogP contribution in [0.25, 0.3) is 0 Å². The zero-order valence-electron chi connectivity index (χ0n) is 10.3. The van der Waals surface area contributed by atoms with E-state index >= 15 is 0 Å². The second-order valence-electron chi connectivity index (χ2n) is 4.28. The van der Waals surface area contributed by atoms with Crippen LogP contribution in [0.3, 0.4) is 0 Å². The minimum atomic E-state index is 0.919. The lowest BCUT2D eigenvalue weighted by Gasteiger charge is -2.17. The van der Waals surface area contributed by atoms with Crippen molar-refractivity contribution in [3.05, 3.63) is 59.7 Å². The van der Waals surface area contributed by atoms with Gasteiger partial charge in [-0.25, -0.2) is 0 Å². The highest BCUT2D eigenvalue weighted by Crippen LogP contribution is 2.09. The first-order chi connectivity index (χ1) is 8.25. The van der Waals surface area contributed by atoms with Crippen LogP contribution in [0, 0.1) is 6.92 Å². The lowest BCUT2D eigenvalue weighted by atomic mass is 10.2. The predicted octanol–water partition coefficient (Wildman–Crippen LogP) is 2.42. The molecule has 88 valence electrons. The van der Waals surface area contributed by atoms with Crippen LogP contribution in [-0.4, -0.2) is 21.9 Å². The molecule has 0 saturated heterocycles. The van der Waals surface area contributed by atoms with Gasteiger partial charge in [-0.1, -0.05) is 6.07 Å². The second kappa shape index (κ2) is 5.55. The SMILES string of the molecule is Cc1ncccc1CN(C)Cc1ccncc1. The summed E-state index contributed by atoms with van der Waals surface area (Å²) < 4.78 is 0. The minimum Gasteiger partial charge on any atom is -0.298 e. The summed E-state index contributed by atoms with van der Waals surface area (Å²) in [5.41, 5.74) is 3.67. The van der Waals surface area contributed by atoms with E-state index in [-0.39, 0.29) is 0 Å². The highest BCUT2D eigenvalue weighted by Gasteiger charge is 2.04. The van der Waals surface area contributed by atoms with Gasteiger partial charge in [0.2, 0.25) is 0 Å². The lowest BCUT2D eigenvalue weighted by Crippen LogP contribution is -2.18. The van der Waals surface area contributed by atoms with E-state index in [0.29, 0.717) is 0 Å². The third kappa shape index (κ3) is 3.36. The molecule has 0 bridgehead atoms. The van der Waals surface area contributed by atoms with Crippen molar-refractivity contribution in [2.75, 3.05) is 7.05 Å². The van der Waals surface area contributed by atoms with Gasteiger partial charge in [0.05, 0.1) is 0 Å². The maximum Gasteiger partial charge on any atom is 0.0417 e. The number of nitrogens with zero attached hydrogens (tertiary/aromatic N) is 3. The molecule has 2 aromatic rings. The van der Waals surface area contributed by atoms with Gasteiger partial charge in [-0.05, 0) is 43.3 Å². The van der Waals surface area contributed by atoms with Crippen molar-refractivity contribution in [3.8, 4) is 0 Å². The molecule has 0 aliphatic carbocycles. The number of pyridine rings is 2. The van der Waals surface area contributed by atoms with Gasteiger partial charge in [-0.3, -0.25) is 14.9 Å². The van der Waals surface area contributed by atoms with Gasteiger partial charge in [0.25, 0.3) is 0 Å². The van der Waals surface area contributed by atoms with Gasteiger partial charge < -0.3 is 0 Å². The van der Waals surface area contributed by atoms with E-state index in [0.717, 1.165) is 18.8 Å². The number of aromatic nitrogens is 2. The molecule has 0 atom stereocenters. The molecular weight excluding hydrogens is 210 g/mol. The van der Waals surface area contributed by atoms with Gasteiger partial charge in [-0.15, -0.1) is 0 Å². The fourth-order valence-corrected chi connectivity index (χ4v) is 1.83. The maximum atomic E-state index is 4.30. The summed E-state index contributed by atoms with van der Waals surface area (Å²) in [6.45, 7) is 3.90. The number of rotatable bonds is 4. The average molecular weight is 227 g/mol. The zero-order chi connectivity index (χ0) is 12.1. The van der Waals surface area contributed by atoms with Crippen LogP contribution in [0.15, 0.2) is 42.9 Å². The molecule has 2 heterocycles. The van der Waals surface area contributed by atoms with E-state index in [1.807, 2.05) is 36.8 Å². The van der Waals surface area contributed by atoms with Gasteiger partial charge in [0.1, 0.15) is 0 Å². The van der Waals surface area contributed by atoms with Crippen molar-refractivity contribution >= 4 is 0 Å². The first kappa shape index (κ1) is 11.7. The Kier molecular flexibility index (Phi) is 3.83. The van der Waals surface area contributed by atoms with Gasteiger partial charge in [0.15, 0.2) is 0 Å². The summed E-state index contributed by atoms with van der Waals surface area (Å²) in [4.78, 5) is 10.6. The van der Waals surface area contributed by atoms with Crippen molar-refractivity contribution in [1.82, 2.24) is 14.9 Å². The Balaban J connectivity index is 1.98. The molecule has 0 unspecified atom stereocenters. The van der Waals surface area contributed by atoms with E-state index in [9.17, 15) is 0 Å². The Morgan fingerprint density at radius 1 is 1.06 bits per heavy atom. The third-order valence-corrected chi connectivity index (χ3v) is 2.76. The van der Waals surface area contributed by atoms with Gasteiger partial charge >= 0.3 is 0 Å². The Hall–Kier alpha value is -1.74. The molecule has 0 saturated carbocycles. The summed E-state index contributed by atoms with van der Waals surface area (Å²) in [5.74, 6) is 0. The van der Waals surface area contributed by atoms with Crippen molar-refractivity contribution in [2.24, 2.45) is 0 Å². The zero-order valence-corrected chi connectivity index (χ0v) is 10.3. The number of hydrogen-bond donors (Lipinski definition) is 0. The first-order valence-corrected chi connectivity index (χ1v) is 5.73. The Morgan fingerprint density at radius 2 is 1.82 bits per heavy atom. The smallest absolute Gasteiger partial charge is 0.0417 e. The van der Waals surface area contributed by atoms with E-state index in [4.69, 9.17) is 0 Å². The molecular formula is C14H17N3. The molecule has 0 aromatic carbocycles. The topological polar surface area (TPSA) is 29.0 Å². The highest BCUT2D eigenvalue weighted by atomic mass is 15.1. The van der Waals surface area contributed by atoms with Crippen LogP contribution in [0.1, 0.15) is 16.8 Å². The number of hydrogen-bond acceptors (Lipinski definition) is 3. The fraction of sp³-hybridized carbons (Fsp3) is 0.286. The average Bonchev–Trinajstić information content (AvgIpc) is 2.33. The van der Waals surface area contributed by atoms with Crippen molar-refractivity contribution < 1.29 is 0 Å². The molecule has 0 N–H and O–H groups in total. The Labute approximate surface area is 102 Å². The van der Waals surface area contributed by atoms with E-state index < -0.39 is 0 Å². The minimum absolute atomic E-state index is 0.919. The normalized spacial score (nSPS) is 10.8. The van der Waals surface area contributed by atoms with Crippen LogP contribution in [0.5, 0.6) is 0 Å². The summed E-state index contributed by atoms with van der Waals surface area (Å²) in [6, 6.07) is 8.22. The Bertz CT molecular complexity index is 468. The molecule has 2 aromatic heterocycles. The summed E-state index contributed by atoms with van der Waals surface area (Å²) in [7, 11) is 2.12. The first-order valence-electron chi connectivity index (χ1n) is 5.73. The molecule has 3 nitrogen and oxygen atoms in total. The summed E-state index contributed by atoms with van der Waals surface area (Å²) in [6.07, 6.45) is 5.50. The van der Waals surface area contributed by atoms with Gasteiger partial charge in [0, 0.05) is 37.4 Å². The van der Waals surface area contributed by atoms with Crippen LogP contribution >= 0.6 is 0 Å². The van der Waals surface area contributed by atoms with E-state index in [1.165, 1.54) is 11.1 Å². The molecule has 3 heteroatoms. The monoisotopic (exact) mass is 227 g/mol. The largest absolute Gasteiger partial charge is 0.298 e. The van der Waals surface area contributed by atoms with Crippen LogP contribution in [0.4, 0.5) is 0 Å². The van der Waals surface area contributed by atoms with Crippen LogP contribution < -0.4 is 0 Å². The maximum absolute atomic E-state index is 4.30. The Morgan fingerprint density at radius 3 is 2.53 bits per heavy atom. The lowest BCUT2D eigenvalue weighted by molar-refractivity contribution is 0.318. The quantitative estimate of drug-likeness (QED) is 0.803. The standard InChI is InChI=1S/C14H17N3/c1-12-14(4-3-7-16-12)11-17(2)10-13-5-8-15-9-6-13/h3-9H,10-11H2,1-2H3. The van der Waals surface area contributed by atoms with Crippen molar-refractivity contribution in [3.63, 3.8) is 0 Å². The summed E-state index contributed by atoms with van der Waals surface area (Å²) >= 11 is 0. The fourth-order valence-electron chi connectivity index (χ4n) is 1.83. The van der Waals surface area contributed by atoms with Crippen LogP contribution in [0.2, 0.25) is 0 Å². The predicted molar refractivity (Wildman–Crippen MR) is 68.4 cm³/mol. The van der Waals surface area contributed by atoms with Gasteiger partial charge in [-0.2, -0.15) is 0 Å². The summed E-state index contributed by atoms with van der Waals surface area (Å²) in [5, 5.41) is 0. The molecule has 0 amide bonds. The molecule has 0 radical (unpaired) electrons. The molecule has 2 rings (SSSR count). The molecule has 0 spiro atoms. The number of aryl methyl sites for hydroxylation is 1. The molecule has 0 fully saturated rings. The third-order valence-electron chi connectivity index (χ3n) is 2.76. The van der Waals surface area contributed by atoms with Crippen LogP contribution in [-0.2, 0) is 13.1 Å². The molecule has 17 heavy (non-hydrogen) atoms. The second-order valence-corrected chi connectivity index (χ2v) is 4.28. The highest BCUT2D eigenvalue weighted by molar-refractivity contribution is 5.18.